The van der Waals surface area contributed by atoms with Crippen molar-refractivity contribution in [1.82, 2.24) is 4.90 Å². The molecule has 6 nitrogen and oxygen atoms in total. The second-order valence-electron chi connectivity index (χ2n) is 5.91. The van der Waals surface area contributed by atoms with Crippen molar-refractivity contribution >= 4 is 11.9 Å². The van der Waals surface area contributed by atoms with Crippen LogP contribution in [0.5, 0.6) is 0 Å². The van der Waals surface area contributed by atoms with Gasteiger partial charge in [-0.15, -0.1) is 0 Å². The Balaban J connectivity index is 2.26. The Morgan fingerprint density at radius 1 is 0.840 bits per heavy atom. The van der Waals surface area contributed by atoms with Crippen LogP contribution in [-0.2, 0) is 22.7 Å². The summed E-state index contributed by atoms with van der Waals surface area (Å²) in [5.41, 5.74) is 7.49. The maximum Gasteiger partial charge on any atom is 0.321 e. The van der Waals surface area contributed by atoms with Crippen molar-refractivity contribution in [3.63, 3.8) is 0 Å². The van der Waals surface area contributed by atoms with Crippen molar-refractivity contribution < 1.29 is 19.8 Å². The maximum absolute atomic E-state index is 11.8. The third-order valence-electron chi connectivity index (χ3n) is 3.98. The number of nitrogens with zero attached hydrogens (tertiary/aromatic N) is 1. The van der Waals surface area contributed by atoms with Crippen LogP contribution in [0, 0.1) is 0 Å². The summed E-state index contributed by atoms with van der Waals surface area (Å²) in [6.45, 7) is 0.776. The second-order valence-corrected chi connectivity index (χ2v) is 5.91. The number of hydrogen-bond donors (Lipinski definition) is 3. The molecule has 0 aliphatic heterocycles. The monoisotopic (exact) mass is 342 g/mol. The van der Waals surface area contributed by atoms with E-state index >= 15 is 0 Å². The molecule has 132 valence electrons. The molecule has 6 heteroatoms. The van der Waals surface area contributed by atoms with Gasteiger partial charge in [-0.2, -0.15) is 0 Å². The molecule has 0 aliphatic carbocycles. The van der Waals surface area contributed by atoms with Gasteiger partial charge in [0.1, 0.15) is 12.1 Å². The van der Waals surface area contributed by atoms with Gasteiger partial charge >= 0.3 is 11.9 Å². The van der Waals surface area contributed by atoms with Crippen molar-refractivity contribution in [3.05, 3.63) is 71.8 Å². The number of carboxylic acid groups (broad SMARTS) is 2. The van der Waals surface area contributed by atoms with Gasteiger partial charge < -0.3 is 15.9 Å². The highest BCUT2D eigenvalue weighted by Crippen LogP contribution is 2.17. The van der Waals surface area contributed by atoms with Crippen LogP contribution in [-0.4, -0.2) is 39.1 Å². The molecule has 1 unspecified atom stereocenters. The summed E-state index contributed by atoms with van der Waals surface area (Å²) in [7, 11) is 0. The minimum Gasteiger partial charge on any atom is -0.480 e. The molecule has 2 atom stereocenters. The molecule has 0 heterocycles. The van der Waals surface area contributed by atoms with Crippen molar-refractivity contribution in [2.45, 2.75) is 31.6 Å². The van der Waals surface area contributed by atoms with Crippen molar-refractivity contribution in [2.75, 3.05) is 0 Å². The average Bonchev–Trinajstić information content (AvgIpc) is 2.60. The zero-order valence-electron chi connectivity index (χ0n) is 13.8. The van der Waals surface area contributed by atoms with E-state index in [1.165, 1.54) is 0 Å². The van der Waals surface area contributed by atoms with Gasteiger partial charge in [0.15, 0.2) is 0 Å². The first-order valence-corrected chi connectivity index (χ1v) is 8.00. The molecular weight excluding hydrogens is 320 g/mol. The van der Waals surface area contributed by atoms with E-state index in [9.17, 15) is 14.7 Å². The Kier molecular flexibility index (Phi) is 6.68. The van der Waals surface area contributed by atoms with Gasteiger partial charge in [-0.1, -0.05) is 60.7 Å². The third kappa shape index (κ3) is 5.70. The molecule has 2 aromatic rings. The Morgan fingerprint density at radius 2 is 1.28 bits per heavy atom. The smallest absolute Gasteiger partial charge is 0.321 e. The summed E-state index contributed by atoms with van der Waals surface area (Å²) >= 11 is 0. The van der Waals surface area contributed by atoms with Crippen LogP contribution in [0.15, 0.2) is 60.7 Å². The normalized spacial score (nSPS) is 13.4. The number of rotatable bonds is 9. The summed E-state index contributed by atoms with van der Waals surface area (Å²) < 4.78 is 0. The molecule has 0 saturated heterocycles. The highest BCUT2D eigenvalue weighted by molar-refractivity contribution is 5.77. The lowest BCUT2D eigenvalue weighted by Crippen LogP contribution is -2.46. The van der Waals surface area contributed by atoms with Crippen LogP contribution >= 0.6 is 0 Å². The van der Waals surface area contributed by atoms with E-state index in [-0.39, 0.29) is 6.42 Å². The van der Waals surface area contributed by atoms with Crippen molar-refractivity contribution in [1.29, 1.82) is 0 Å². The highest BCUT2D eigenvalue weighted by atomic mass is 16.4. The standard InChI is InChI=1S/C19H22N2O4/c20-16(18(22)23)11-17(19(24)25)21(12-14-7-3-1-4-8-14)13-15-9-5-2-6-10-15/h1-10,16-17H,11-13,20H2,(H,22,23)(H,24,25)/t16-,17?/m0/s1. The zero-order valence-corrected chi connectivity index (χ0v) is 13.8. The lowest BCUT2D eigenvalue weighted by Gasteiger charge is -2.30. The quantitative estimate of drug-likeness (QED) is 0.643. The first kappa shape index (κ1) is 18.6. The SMILES string of the molecule is N[C@@H](CC(C(=O)O)N(Cc1ccccc1)Cc1ccccc1)C(=O)O. The zero-order chi connectivity index (χ0) is 18.2. The molecule has 2 aromatic carbocycles. The summed E-state index contributed by atoms with van der Waals surface area (Å²) in [4.78, 5) is 24.6. The average molecular weight is 342 g/mol. The topological polar surface area (TPSA) is 104 Å². The van der Waals surface area contributed by atoms with Crippen LogP contribution in [0.25, 0.3) is 0 Å². The fourth-order valence-corrected chi connectivity index (χ4v) is 2.66. The predicted octanol–water partition coefficient (Wildman–Crippen LogP) is 1.94. The first-order valence-electron chi connectivity index (χ1n) is 8.00. The van der Waals surface area contributed by atoms with E-state index in [0.29, 0.717) is 13.1 Å². The molecule has 0 radical (unpaired) electrons. The lowest BCUT2D eigenvalue weighted by molar-refractivity contribution is -0.145. The Morgan fingerprint density at radius 3 is 1.64 bits per heavy atom. The molecule has 4 N–H and O–H groups in total. The molecule has 0 spiro atoms. The molecule has 0 amide bonds. The summed E-state index contributed by atoms with van der Waals surface area (Å²) in [5, 5.41) is 18.7. The van der Waals surface area contributed by atoms with Crippen LogP contribution < -0.4 is 5.73 Å². The van der Waals surface area contributed by atoms with E-state index < -0.39 is 24.0 Å². The molecule has 0 saturated carbocycles. The van der Waals surface area contributed by atoms with Gasteiger partial charge in [-0.3, -0.25) is 14.5 Å². The van der Waals surface area contributed by atoms with Crippen LogP contribution in [0.1, 0.15) is 17.5 Å². The number of nitrogens with two attached hydrogens (primary N) is 1. The van der Waals surface area contributed by atoms with Crippen molar-refractivity contribution in [2.24, 2.45) is 5.73 Å². The fraction of sp³-hybridized carbons (Fsp3) is 0.263. The minimum absolute atomic E-state index is 0.162. The van der Waals surface area contributed by atoms with E-state index in [2.05, 4.69) is 0 Å². The molecular formula is C19H22N2O4. The van der Waals surface area contributed by atoms with Gasteiger partial charge in [0.2, 0.25) is 0 Å². The molecule has 25 heavy (non-hydrogen) atoms. The fourth-order valence-electron chi connectivity index (χ4n) is 2.66. The Labute approximate surface area is 146 Å². The number of benzene rings is 2. The molecule has 0 aliphatic rings. The van der Waals surface area contributed by atoms with Crippen molar-refractivity contribution in [3.8, 4) is 0 Å². The predicted molar refractivity (Wildman–Crippen MR) is 93.8 cm³/mol. The summed E-state index contributed by atoms with van der Waals surface area (Å²) in [6.07, 6.45) is -0.162. The number of carbonyl (C=O) groups is 2. The molecule has 2 rings (SSSR count). The minimum atomic E-state index is -1.23. The number of aliphatic carboxylic acids is 2. The van der Waals surface area contributed by atoms with Crippen LogP contribution in [0.3, 0.4) is 0 Å². The lowest BCUT2D eigenvalue weighted by atomic mass is 10.0. The summed E-state index contributed by atoms with van der Waals surface area (Å²) in [5.74, 6) is -2.28. The maximum atomic E-state index is 11.8. The van der Waals surface area contributed by atoms with E-state index in [4.69, 9.17) is 10.8 Å². The van der Waals surface area contributed by atoms with E-state index in [1.54, 1.807) is 4.90 Å². The first-order chi connectivity index (χ1) is 12.0. The second kappa shape index (κ2) is 8.96. The van der Waals surface area contributed by atoms with Crippen LogP contribution in [0.2, 0.25) is 0 Å². The van der Waals surface area contributed by atoms with E-state index in [1.807, 2.05) is 60.7 Å². The molecule has 0 fully saturated rings. The van der Waals surface area contributed by atoms with Crippen LogP contribution in [0.4, 0.5) is 0 Å². The summed E-state index contributed by atoms with van der Waals surface area (Å²) in [6, 6.07) is 16.7. The van der Waals surface area contributed by atoms with Gasteiger partial charge in [0, 0.05) is 13.1 Å². The van der Waals surface area contributed by atoms with E-state index in [0.717, 1.165) is 11.1 Å². The number of carboxylic acids is 2. The third-order valence-corrected chi connectivity index (χ3v) is 3.98. The van der Waals surface area contributed by atoms with Gasteiger partial charge in [-0.25, -0.2) is 0 Å². The van der Waals surface area contributed by atoms with Gasteiger partial charge in [0.05, 0.1) is 0 Å². The van der Waals surface area contributed by atoms with Gasteiger partial charge in [0.25, 0.3) is 0 Å². The largest absolute Gasteiger partial charge is 0.480 e. The molecule has 0 aromatic heterocycles. The Hall–Kier alpha value is -2.70. The Bertz CT molecular complexity index is 650. The molecule has 0 bridgehead atoms. The highest BCUT2D eigenvalue weighted by Gasteiger charge is 2.30. The van der Waals surface area contributed by atoms with Gasteiger partial charge in [-0.05, 0) is 17.5 Å². The number of hydrogen-bond acceptors (Lipinski definition) is 4.